The van der Waals surface area contributed by atoms with Gasteiger partial charge in [-0.05, 0) is 17.7 Å². The first-order valence-corrected chi connectivity index (χ1v) is 6.16. The Balaban J connectivity index is 2.12. The van der Waals surface area contributed by atoms with Gasteiger partial charge in [0, 0.05) is 25.2 Å². The zero-order valence-electron chi connectivity index (χ0n) is 10.7. The third-order valence-corrected chi connectivity index (χ3v) is 3.13. The lowest BCUT2D eigenvalue weighted by Crippen LogP contribution is -2.35. The molecule has 1 aliphatic rings. The van der Waals surface area contributed by atoms with Crippen LogP contribution in [0.4, 0.5) is 0 Å². The zero-order chi connectivity index (χ0) is 12.8. The molecule has 0 N–H and O–H groups in total. The molecule has 4 heteroatoms. The third-order valence-electron chi connectivity index (χ3n) is 3.13. The van der Waals surface area contributed by atoms with Crippen molar-refractivity contribution in [1.82, 2.24) is 4.90 Å². The molecule has 4 nitrogen and oxygen atoms in total. The molecule has 1 aromatic carbocycles. The standard InChI is InChI=1S/C14H18N2O2/c1-17-14-3-2-12(4-5-15)10-13(14)11-16-6-8-18-9-7-16/h2-3,10H,4,6-9,11H2,1H3. The lowest BCUT2D eigenvalue weighted by molar-refractivity contribution is 0.0339. The van der Waals surface area contributed by atoms with Crippen LogP contribution in [0.25, 0.3) is 0 Å². The van der Waals surface area contributed by atoms with Crippen molar-refractivity contribution < 1.29 is 9.47 Å². The number of nitriles is 1. The van der Waals surface area contributed by atoms with Crippen molar-refractivity contribution in [3.63, 3.8) is 0 Å². The van der Waals surface area contributed by atoms with Gasteiger partial charge in [-0.15, -0.1) is 0 Å². The Hall–Kier alpha value is -1.57. The van der Waals surface area contributed by atoms with Gasteiger partial charge in [0.25, 0.3) is 0 Å². The van der Waals surface area contributed by atoms with Gasteiger partial charge >= 0.3 is 0 Å². The van der Waals surface area contributed by atoms with Crippen LogP contribution in [0.15, 0.2) is 18.2 Å². The summed E-state index contributed by atoms with van der Waals surface area (Å²) in [6.45, 7) is 4.34. The molecule has 0 atom stereocenters. The number of hydrogen-bond acceptors (Lipinski definition) is 4. The average Bonchev–Trinajstić information content (AvgIpc) is 2.41. The SMILES string of the molecule is COc1ccc(CC#N)cc1CN1CCOCC1. The molecule has 0 aromatic heterocycles. The summed E-state index contributed by atoms with van der Waals surface area (Å²) in [7, 11) is 1.68. The molecule has 0 amide bonds. The second kappa shape index (κ2) is 6.39. The van der Waals surface area contributed by atoms with Gasteiger partial charge in [0.15, 0.2) is 0 Å². The van der Waals surface area contributed by atoms with Crippen molar-refractivity contribution in [3.8, 4) is 11.8 Å². The quantitative estimate of drug-likeness (QED) is 0.809. The van der Waals surface area contributed by atoms with Crippen molar-refractivity contribution in [3.05, 3.63) is 29.3 Å². The largest absolute Gasteiger partial charge is 0.496 e. The van der Waals surface area contributed by atoms with Crippen LogP contribution in [-0.4, -0.2) is 38.3 Å². The Kier molecular flexibility index (Phi) is 4.57. The fourth-order valence-corrected chi connectivity index (χ4v) is 2.16. The van der Waals surface area contributed by atoms with Crippen LogP contribution in [-0.2, 0) is 17.7 Å². The Morgan fingerprint density at radius 2 is 2.17 bits per heavy atom. The van der Waals surface area contributed by atoms with Crippen LogP contribution in [0.5, 0.6) is 5.75 Å². The van der Waals surface area contributed by atoms with Crippen LogP contribution in [0.2, 0.25) is 0 Å². The second-order valence-electron chi connectivity index (χ2n) is 4.37. The van der Waals surface area contributed by atoms with Gasteiger partial charge in [0.1, 0.15) is 5.75 Å². The second-order valence-corrected chi connectivity index (χ2v) is 4.37. The van der Waals surface area contributed by atoms with Gasteiger partial charge in [-0.25, -0.2) is 0 Å². The number of nitrogens with zero attached hydrogens (tertiary/aromatic N) is 2. The maximum absolute atomic E-state index is 8.75. The van der Waals surface area contributed by atoms with Crippen molar-refractivity contribution in [2.24, 2.45) is 0 Å². The predicted molar refractivity (Wildman–Crippen MR) is 68.4 cm³/mol. The van der Waals surface area contributed by atoms with Crippen molar-refractivity contribution >= 4 is 0 Å². The van der Waals surface area contributed by atoms with Gasteiger partial charge in [0.2, 0.25) is 0 Å². The van der Waals surface area contributed by atoms with E-state index < -0.39 is 0 Å². The first kappa shape index (κ1) is 12.9. The van der Waals surface area contributed by atoms with Gasteiger partial charge in [-0.3, -0.25) is 4.90 Å². The summed E-state index contributed by atoms with van der Waals surface area (Å²) in [5.41, 5.74) is 2.19. The van der Waals surface area contributed by atoms with E-state index in [2.05, 4.69) is 17.0 Å². The third kappa shape index (κ3) is 3.22. The van der Waals surface area contributed by atoms with E-state index in [-0.39, 0.29) is 0 Å². The van der Waals surface area contributed by atoms with Gasteiger partial charge in [-0.1, -0.05) is 6.07 Å². The molecule has 0 aliphatic carbocycles. The molecular weight excluding hydrogens is 228 g/mol. The van der Waals surface area contributed by atoms with Gasteiger partial charge in [0.05, 0.1) is 32.8 Å². The summed E-state index contributed by atoms with van der Waals surface area (Å²) < 4.78 is 10.7. The van der Waals surface area contributed by atoms with Crippen LogP contribution in [0.3, 0.4) is 0 Å². The number of benzene rings is 1. The number of methoxy groups -OCH3 is 1. The summed E-state index contributed by atoms with van der Waals surface area (Å²) in [6, 6.07) is 8.14. The van der Waals surface area contributed by atoms with Crippen molar-refractivity contribution in [1.29, 1.82) is 5.26 Å². The van der Waals surface area contributed by atoms with E-state index in [4.69, 9.17) is 14.7 Å². The number of ether oxygens (including phenoxy) is 2. The van der Waals surface area contributed by atoms with E-state index in [1.54, 1.807) is 7.11 Å². The molecule has 1 heterocycles. The van der Waals surface area contributed by atoms with Crippen LogP contribution >= 0.6 is 0 Å². The first-order valence-electron chi connectivity index (χ1n) is 6.16. The van der Waals surface area contributed by atoms with E-state index in [9.17, 15) is 0 Å². The molecule has 1 saturated heterocycles. The van der Waals surface area contributed by atoms with E-state index in [0.29, 0.717) is 6.42 Å². The number of rotatable bonds is 4. The van der Waals surface area contributed by atoms with Crippen LogP contribution in [0.1, 0.15) is 11.1 Å². The van der Waals surface area contributed by atoms with E-state index >= 15 is 0 Å². The smallest absolute Gasteiger partial charge is 0.123 e. The highest BCUT2D eigenvalue weighted by Crippen LogP contribution is 2.22. The molecule has 0 bridgehead atoms. The monoisotopic (exact) mass is 246 g/mol. The van der Waals surface area contributed by atoms with Gasteiger partial charge in [-0.2, -0.15) is 5.26 Å². The molecular formula is C14H18N2O2. The molecule has 0 saturated carbocycles. The highest BCUT2D eigenvalue weighted by Gasteiger charge is 2.13. The molecule has 96 valence electrons. The Labute approximate surface area is 108 Å². The van der Waals surface area contributed by atoms with Crippen LogP contribution in [0, 0.1) is 11.3 Å². The fraction of sp³-hybridized carbons (Fsp3) is 0.500. The molecule has 1 fully saturated rings. The first-order chi connectivity index (χ1) is 8.83. The summed E-state index contributed by atoms with van der Waals surface area (Å²) >= 11 is 0. The Morgan fingerprint density at radius 1 is 1.39 bits per heavy atom. The highest BCUT2D eigenvalue weighted by molar-refractivity contribution is 5.38. The van der Waals surface area contributed by atoms with Crippen LogP contribution < -0.4 is 4.74 Å². The molecule has 0 unspecified atom stereocenters. The minimum Gasteiger partial charge on any atom is -0.496 e. The highest BCUT2D eigenvalue weighted by atomic mass is 16.5. The number of morpholine rings is 1. The fourth-order valence-electron chi connectivity index (χ4n) is 2.16. The summed E-state index contributed by atoms with van der Waals surface area (Å²) in [5.74, 6) is 0.892. The summed E-state index contributed by atoms with van der Waals surface area (Å²) in [6.07, 6.45) is 0.445. The molecule has 1 aliphatic heterocycles. The molecule has 0 radical (unpaired) electrons. The van der Waals surface area contributed by atoms with Crippen molar-refractivity contribution in [2.45, 2.75) is 13.0 Å². The van der Waals surface area contributed by atoms with E-state index in [0.717, 1.165) is 49.7 Å². The molecule has 2 rings (SSSR count). The zero-order valence-corrected chi connectivity index (χ0v) is 10.7. The maximum Gasteiger partial charge on any atom is 0.123 e. The van der Waals surface area contributed by atoms with Gasteiger partial charge < -0.3 is 9.47 Å². The minimum absolute atomic E-state index is 0.445. The number of hydrogen-bond donors (Lipinski definition) is 0. The lowest BCUT2D eigenvalue weighted by Gasteiger charge is -2.27. The lowest BCUT2D eigenvalue weighted by atomic mass is 10.1. The normalized spacial score (nSPS) is 16.2. The molecule has 1 aromatic rings. The van der Waals surface area contributed by atoms with Crippen molar-refractivity contribution in [2.75, 3.05) is 33.4 Å². The van der Waals surface area contributed by atoms with E-state index in [1.165, 1.54) is 0 Å². The average molecular weight is 246 g/mol. The summed E-state index contributed by atoms with van der Waals surface area (Å²) in [5, 5.41) is 8.75. The minimum atomic E-state index is 0.445. The van der Waals surface area contributed by atoms with E-state index in [1.807, 2.05) is 12.1 Å². The topological polar surface area (TPSA) is 45.5 Å². The predicted octanol–water partition coefficient (Wildman–Crippen LogP) is 1.59. The summed E-state index contributed by atoms with van der Waals surface area (Å²) in [4.78, 5) is 2.34. The molecule has 18 heavy (non-hydrogen) atoms. The Bertz CT molecular complexity index is 434. The Morgan fingerprint density at radius 3 is 2.83 bits per heavy atom. The maximum atomic E-state index is 8.75. The molecule has 0 spiro atoms.